The number of benzene rings is 1. The van der Waals surface area contributed by atoms with Crippen molar-refractivity contribution in [1.82, 2.24) is 0 Å². The Morgan fingerprint density at radius 3 is 2.64 bits per heavy atom. The van der Waals surface area contributed by atoms with Crippen molar-refractivity contribution in [3.63, 3.8) is 0 Å². The molecule has 0 bridgehead atoms. The van der Waals surface area contributed by atoms with E-state index in [2.05, 4.69) is 20.7 Å². The quantitative estimate of drug-likeness (QED) is 0.636. The lowest BCUT2D eigenvalue weighted by atomic mass is 10.2. The number of esters is 1. The van der Waals surface area contributed by atoms with Crippen molar-refractivity contribution in [2.24, 2.45) is 0 Å². The average Bonchev–Trinajstić information content (AvgIpc) is 2.10. The van der Waals surface area contributed by atoms with E-state index >= 15 is 0 Å². The number of methoxy groups -OCH3 is 1. The molecule has 1 aromatic rings. The first-order valence-electron chi connectivity index (χ1n) is 3.39. The molecule has 78 valence electrons. The number of halogens is 3. The van der Waals surface area contributed by atoms with Crippen LogP contribution in [-0.2, 0) is 4.74 Å². The summed E-state index contributed by atoms with van der Waals surface area (Å²) in [5, 5.41) is 0. The first-order valence-corrected chi connectivity index (χ1v) is 4.18. The van der Waals surface area contributed by atoms with Crippen molar-refractivity contribution in [1.29, 1.82) is 0 Å². The van der Waals surface area contributed by atoms with E-state index in [0.29, 0.717) is 0 Å². The van der Waals surface area contributed by atoms with Crippen molar-refractivity contribution in [2.45, 2.75) is 0 Å². The van der Waals surface area contributed by atoms with E-state index in [0.717, 1.165) is 6.07 Å². The maximum absolute atomic E-state index is 12.9. The molecule has 1 aromatic carbocycles. The molecule has 3 nitrogen and oxygen atoms in total. The maximum Gasteiger partial charge on any atom is 0.340 e. The van der Waals surface area contributed by atoms with E-state index in [1.54, 1.807) is 0 Å². The summed E-state index contributed by atoms with van der Waals surface area (Å²) in [6.45, 7) is 0. The fraction of sp³-hybridized carbons (Fsp3) is 0.125. The van der Waals surface area contributed by atoms with Crippen LogP contribution < -0.4 is 5.73 Å². The van der Waals surface area contributed by atoms with E-state index in [9.17, 15) is 9.18 Å². The molecule has 0 radical (unpaired) electrons. The van der Waals surface area contributed by atoms with Crippen molar-refractivity contribution < 1.29 is 13.9 Å². The zero-order valence-corrected chi connectivity index (χ0v) is 9.62. The highest BCUT2D eigenvalue weighted by molar-refractivity contribution is 9.10. The molecule has 0 unspecified atom stereocenters. The highest BCUT2D eigenvalue weighted by Crippen LogP contribution is 2.22. The second-order valence-corrected chi connectivity index (χ2v) is 3.20. The smallest absolute Gasteiger partial charge is 0.340 e. The van der Waals surface area contributed by atoms with Gasteiger partial charge in [0, 0.05) is 5.69 Å². The summed E-state index contributed by atoms with van der Waals surface area (Å²) < 4.78 is 17.6. The van der Waals surface area contributed by atoms with Crippen LogP contribution in [0.15, 0.2) is 16.6 Å². The number of hydrogen-bond donors (Lipinski definition) is 1. The van der Waals surface area contributed by atoms with Crippen LogP contribution in [0.4, 0.5) is 10.1 Å². The highest BCUT2D eigenvalue weighted by Gasteiger charge is 2.12. The van der Waals surface area contributed by atoms with Crippen molar-refractivity contribution in [3.05, 3.63) is 28.0 Å². The number of hydrogen-bond acceptors (Lipinski definition) is 3. The molecule has 0 aliphatic heterocycles. The topological polar surface area (TPSA) is 52.3 Å². The summed E-state index contributed by atoms with van der Waals surface area (Å²) >= 11 is 2.94. The Balaban J connectivity index is 0.00000169. The molecule has 0 spiro atoms. The van der Waals surface area contributed by atoms with Crippen LogP contribution in [0.2, 0.25) is 0 Å². The number of nitrogen functional groups attached to an aromatic ring is 1. The van der Waals surface area contributed by atoms with Crippen molar-refractivity contribution in [3.8, 4) is 0 Å². The molecule has 0 amide bonds. The molecule has 0 aliphatic rings. The third-order valence-corrected chi connectivity index (χ3v) is 2.11. The Bertz CT molecular complexity index is 359. The number of anilines is 1. The molecule has 0 aromatic heterocycles. The fourth-order valence-corrected chi connectivity index (χ4v) is 1.21. The molecular formula is C8H8BrClFNO2. The number of carbonyl (C=O) groups excluding carboxylic acids is 1. The van der Waals surface area contributed by atoms with Crippen LogP contribution in [0.25, 0.3) is 0 Å². The van der Waals surface area contributed by atoms with E-state index < -0.39 is 11.8 Å². The van der Waals surface area contributed by atoms with Gasteiger partial charge in [0.05, 0.1) is 17.1 Å². The Labute approximate surface area is 95.0 Å². The summed E-state index contributed by atoms with van der Waals surface area (Å²) in [4.78, 5) is 11.0. The first kappa shape index (κ1) is 13.2. The maximum atomic E-state index is 12.9. The minimum Gasteiger partial charge on any atom is -0.465 e. The van der Waals surface area contributed by atoms with Crippen molar-refractivity contribution in [2.75, 3.05) is 12.8 Å². The molecule has 0 fully saturated rings. The van der Waals surface area contributed by atoms with Gasteiger partial charge in [0.15, 0.2) is 0 Å². The lowest BCUT2D eigenvalue weighted by Gasteiger charge is -2.04. The number of carbonyl (C=O) groups is 1. The Kier molecular flexibility index (Phi) is 4.87. The zero-order chi connectivity index (χ0) is 10.0. The molecular weight excluding hydrogens is 276 g/mol. The SMILES string of the molecule is COC(=O)c1cc(F)c(Br)cc1N.Cl. The highest BCUT2D eigenvalue weighted by atomic mass is 79.9. The average molecular weight is 285 g/mol. The molecule has 2 N–H and O–H groups in total. The second-order valence-electron chi connectivity index (χ2n) is 2.35. The van der Waals surface area contributed by atoms with E-state index in [-0.39, 0.29) is 28.1 Å². The third-order valence-electron chi connectivity index (χ3n) is 1.50. The van der Waals surface area contributed by atoms with Crippen molar-refractivity contribution >= 4 is 40.0 Å². The lowest BCUT2D eigenvalue weighted by molar-refractivity contribution is 0.0601. The van der Waals surface area contributed by atoms with Gasteiger partial charge in [0.25, 0.3) is 0 Å². The minimum atomic E-state index is -0.649. The largest absolute Gasteiger partial charge is 0.465 e. The summed E-state index contributed by atoms with van der Waals surface area (Å²) in [6, 6.07) is 2.35. The minimum absolute atomic E-state index is 0. The monoisotopic (exact) mass is 283 g/mol. The van der Waals surface area contributed by atoms with Gasteiger partial charge >= 0.3 is 5.97 Å². The third kappa shape index (κ3) is 2.59. The van der Waals surface area contributed by atoms with E-state index in [4.69, 9.17) is 5.73 Å². The molecule has 0 aliphatic carbocycles. The van der Waals surface area contributed by atoms with Crippen LogP contribution in [0.3, 0.4) is 0 Å². The van der Waals surface area contributed by atoms with E-state index in [1.165, 1.54) is 13.2 Å². The van der Waals surface area contributed by atoms with Gasteiger partial charge < -0.3 is 10.5 Å². The molecule has 14 heavy (non-hydrogen) atoms. The Morgan fingerprint density at radius 1 is 1.57 bits per heavy atom. The summed E-state index contributed by atoms with van der Waals surface area (Å²) in [5.74, 6) is -1.20. The van der Waals surface area contributed by atoms with Gasteiger partial charge in [-0.15, -0.1) is 12.4 Å². The number of nitrogens with two attached hydrogens (primary N) is 1. The van der Waals surface area contributed by atoms with Gasteiger partial charge in [-0.05, 0) is 28.1 Å². The molecule has 0 heterocycles. The lowest BCUT2D eigenvalue weighted by Crippen LogP contribution is -2.06. The van der Waals surface area contributed by atoms with Crippen LogP contribution in [0.5, 0.6) is 0 Å². The molecule has 0 saturated carbocycles. The van der Waals surface area contributed by atoms with Gasteiger partial charge in [-0.1, -0.05) is 0 Å². The standard InChI is InChI=1S/C8H7BrFNO2.ClH/c1-13-8(12)4-2-6(10)5(9)3-7(4)11;/h2-3H,11H2,1H3;1H. The Morgan fingerprint density at radius 2 is 2.14 bits per heavy atom. The molecule has 6 heteroatoms. The summed E-state index contributed by atoms with van der Waals surface area (Å²) in [6.07, 6.45) is 0. The predicted octanol–water partition coefficient (Wildman–Crippen LogP) is 2.38. The number of ether oxygens (including phenoxy) is 1. The predicted molar refractivity (Wildman–Crippen MR) is 57.1 cm³/mol. The van der Waals surface area contributed by atoms with Crippen LogP contribution in [-0.4, -0.2) is 13.1 Å². The first-order chi connectivity index (χ1) is 6.06. The molecule has 0 atom stereocenters. The van der Waals surface area contributed by atoms with Gasteiger partial charge in [-0.3, -0.25) is 0 Å². The second kappa shape index (κ2) is 5.17. The number of rotatable bonds is 1. The molecule has 1 rings (SSSR count). The van der Waals surface area contributed by atoms with Crippen LogP contribution in [0, 0.1) is 5.82 Å². The van der Waals surface area contributed by atoms with Crippen LogP contribution in [0.1, 0.15) is 10.4 Å². The fourth-order valence-electron chi connectivity index (χ4n) is 0.849. The van der Waals surface area contributed by atoms with E-state index in [1.807, 2.05) is 0 Å². The molecule has 0 saturated heterocycles. The summed E-state index contributed by atoms with van der Waals surface area (Å²) in [5.41, 5.74) is 5.68. The van der Waals surface area contributed by atoms with Gasteiger partial charge in [0.2, 0.25) is 0 Å². The zero-order valence-electron chi connectivity index (χ0n) is 7.21. The Hall–Kier alpha value is -0.810. The van der Waals surface area contributed by atoms with Crippen LogP contribution >= 0.6 is 28.3 Å². The van der Waals surface area contributed by atoms with Gasteiger partial charge in [0.1, 0.15) is 5.82 Å². The summed E-state index contributed by atoms with van der Waals surface area (Å²) in [7, 11) is 1.21. The van der Waals surface area contributed by atoms with Gasteiger partial charge in [-0.25, -0.2) is 9.18 Å². The normalized spacial score (nSPS) is 9.07. The van der Waals surface area contributed by atoms with Gasteiger partial charge in [-0.2, -0.15) is 0 Å².